The minimum Gasteiger partial charge on any atom is -0.345 e. The van der Waals surface area contributed by atoms with Crippen molar-refractivity contribution >= 4 is 27.3 Å². The van der Waals surface area contributed by atoms with Crippen molar-refractivity contribution in [2.45, 2.75) is 19.4 Å². The van der Waals surface area contributed by atoms with E-state index in [-0.39, 0.29) is 17.9 Å². The molecule has 0 heterocycles. The largest absolute Gasteiger partial charge is 0.345 e. The van der Waals surface area contributed by atoms with Crippen LogP contribution in [0.15, 0.2) is 24.3 Å². The predicted octanol–water partition coefficient (Wildman–Crippen LogP) is 0.704. The van der Waals surface area contributed by atoms with E-state index in [0.29, 0.717) is 0 Å². The van der Waals surface area contributed by atoms with Gasteiger partial charge in [-0.15, -0.1) is 0 Å². The highest BCUT2D eigenvalue weighted by Crippen LogP contribution is 2.10. The van der Waals surface area contributed by atoms with Gasteiger partial charge in [0.15, 0.2) is 0 Å². The third kappa shape index (κ3) is 6.84. The van der Waals surface area contributed by atoms with Gasteiger partial charge < -0.3 is 10.6 Å². The first-order chi connectivity index (χ1) is 9.67. The molecule has 0 aliphatic rings. The molecule has 116 valence electrons. The van der Waals surface area contributed by atoms with Gasteiger partial charge in [-0.3, -0.25) is 9.59 Å². The smallest absolute Gasteiger partial charge is 0.246 e. The first-order valence-corrected chi connectivity index (χ1v) is 8.24. The number of nitrogens with one attached hydrogen (secondary N) is 2. The summed E-state index contributed by atoms with van der Waals surface area (Å²) in [5, 5.41) is 4.81. The molecule has 6 nitrogen and oxygen atoms in total. The molecule has 21 heavy (non-hydrogen) atoms. The Morgan fingerprint density at radius 3 is 2.52 bits per heavy atom. The zero-order valence-corrected chi connectivity index (χ0v) is 12.5. The van der Waals surface area contributed by atoms with Gasteiger partial charge in [0.1, 0.15) is 21.7 Å². The Morgan fingerprint density at radius 2 is 2.00 bits per heavy atom. The van der Waals surface area contributed by atoms with Crippen molar-refractivity contribution in [3.63, 3.8) is 0 Å². The Morgan fingerprint density at radius 1 is 1.33 bits per heavy atom. The number of anilines is 1. The van der Waals surface area contributed by atoms with Crippen LogP contribution in [0.5, 0.6) is 0 Å². The van der Waals surface area contributed by atoms with Crippen molar-refractivity contribution in [2.24, 2.45) is 0 Å². The van der Waals surface area contributed by atoms with Crippen molar-refractivity contribution in [3.05, 3.63) is 30.1 Å². The van der Waals surface area contributed by atoms with Crippen LogP contribution >= 0.6 is 0 Å². The zero-order chi connectivity index (χ0) is 16.0. The molecule has 0 aromatic heterocycles. The lowest BCUT2D eigenvalue weighted by Crippen LogP contribution is -2.43. The average Bonchev–Trinajstić information content (AvgIpc) is 2.32. The number of sulfone groups is 1. The van der Waals surface area contributed by atoms with Crippen LogP contribution in [0.25, 0.3) is 0 Å². The quantitative estimate of drug-likeness (QED) is 0.808. The highest BCUT2D eigenvalue weighted by atomic mass is 32.2. The van der Waals surface area contributed by atoms with E-state index in [1.54, 1.807) is 0 Å². The van der Waals surface area contributed by atoms with Gasteiger partial charge in [-0.1, -0.05) is 6.07 Å². The van der Waals surface area contributed by atoms with E-state index >= 15 is 0 Å². The van der Waals surface area contributed by atoms with Crippen molar-refractivity contribution in [1.29, 1.82) is 0 Å². The second kappa shape index (κ2) is 7.16. The third-order valence-corrected chi connectivity index (χ3v) is 3.54. The molecule has 1 aromatic rings. The molecule has 0 saturated carbocycles. The number of hydrogen-bond donors (Lipinski definition) is 2. The molecule has 0 saturated heterocycles. The summed E-state index contributed by atoms with van der Waals surface area (Å²) in [6.45, 7) is 1.23. The Hall–Kier alpha value is -1.96. The van der Waals surface area contributed by atoms with Crippen LogP contribution in [-0.2, 0) is 19.4 Å². The maximum atomic E-state index is 13.0. The highest BCUT2D eigenvalue weighted by Gasteiger charge is 2.21. The molecular weight excluding hydrogens is 299 g/mol. The minimum atomic E-state index is -3.26. The topological polar surface area (TPSA) is 92.3 Å². The summed E-state index contributed by atoms with van der Waals surface area (Å²) in [7, 11) is -3.26. The Balaban J connectivity index is 2.77. The number of halogens is 1. The van der Waals surface area contributed by atoms with Gasteiger partial charge in [0.25, 0.3) is 0 Å². The van der Waals surface area contributed by atoms with E-state index in [1.165, 1.54) is 25.1 Å². The average molecular weight is 316 g/mol. The van der Waals surface area contributed by atoms with E-state index in [0.717, 1.165) is 12.3 Å². The molecule has 2 N–H and O–H groups in total. The van der Waals surface area contributed by atoms with Crippen LogP contribution in [0.2, 0.25) is 0 Å². The highest BCUT2D eigenvalue weighted by molar-refractivity contribution is 7.90. The first kappa shape index (κ1) is 17.1. The van der Waals surface area contributed by atoms with E-state index in [9.17, 15) is 22.4 Å². The van der Waals surface area contributed by atoms with Gasteiger partial charge in [-0.2, -0.15) is 0 Å². The molecule has 0 fully saturated rings. The summed E-state index contributed by atoms with van der Waals surface area (Å²) >= 11 is 0. The molecular formula is C13H17FN2O4S. The summed E-state index contributed by atoms with van der Waals surface area (Å²) in [5.74, 6) is -1.81. The van der Waals surface area contributed by atoms with Crippen LogP contribution < -0.4 is 10.6 Å². The lowest BCUT2D eigenvalue weighted by molar-refractivity contribution is -0.125. The lowest BCUT2D eigenvalue weighted by Gasteiger charge is -2.17. The molecule has 1 atom stereocenters. The fraction of sp³-hybridized carbons (Fsp3) is 0.385. The second-order valence-corrected chi connectivity index (χ2v) is 6.93. The van der Waals surface area contributed by atoms with E-state index in [4.69, 9.17) is 0 Å². The third-order valence-electron chi connectivity index (χ3n) is 2.56. The molecule has 1 unspecified atom stereocenters. The fourth-order valence-corrected chi connectivity index (χ4v) is 2.31. The van der Waals surface area contributed by atoms with Crippen molar-refractivity contribution < 1.29 is 22.4 Å². The molecule has 0 aliphatic heterocycles. The number of hydrogen-bond acceptors (Lipinski definition) is 4. The van der Waals surface area contributed by atoms with Crippen molar-refractivity contribution in [1.82, 2.24) is 5.32 Å². The standard InChI is InChI=1S/C13H17FN2O4S/c1-9(17)15-12(6-7-21(2,19)20)13(18)16-11-5-3-4-10(14)8-11/h3-5,8,12H,6-7H2,1-2H3,(H,15,17)(H,16,18). The number of benzene rings is 1. The number of rotatable bonds is 6. The summed E-state index contributed by atoms with van der Waals surface area (Å²) in [6, 6.07) is 4.27. The molecule has 1 aromatic carbocycles. The number of amides is 2. The molecule has 0 radical (unpaired) electrons. The molecule has 2 amide bonds. The van der Waals surface area contributed by atoms with Crippen LogP contribution in [0, 0.1) is 5.82 Å². The summed E-state index contributed by atoms with van der Waals surface area (Å²) < 4.78 is 35.3. The van der Waals surface area contributed by atoms with Crippen LogP contribution in [-0.4, -0.2) is 38.3 Å². The summed E-state index contributed by atoms with van der Waals surface area (Å²) in [6.07, 6.45) is 0.988. The second-order valence-electron chi connectivity index (χ2n) is 4.67. The van der Waals surface area contributed by atoms with Crippen molar-refractivity contribution in [2.75, 3.05) is 17.3 Å². The Bertz CT molecular complexity index is 631. The van der Waals surface area contributed by atoms with Gasteiger partial charge in [0, 0.05) is 18.9 Å². The summed E-state index contributed by atoms with van der Waals surface area (Å²) in [5.41, 5.74) is 0.231. The van der Waals surface area contributed by atoms with Gasteiger partial charge in [-0.25, -0.2) is 12.8 Å². The number of carbonyl (C=O) groups is 2. The molecule has 8 heteroatoms. The maximum Gasteiger partial charge on any atom is 0.246 e. The molecule has 0 spiro atoms. The van der Waals surface area contributed by atoms with Gasteiger partial charge in [-0.05, 0) is 24.6 Å². The van der Waals surface area contributed by atoms with Gasteiger partial charge in [0.05, 0.1) is 5.75 Å². The van der Waals surface area contributed by atoms with Crippen molar-refractivity contribution in [3.8, 4) is 0 Å². The molecule has 1 rings (SSSR count). The van der Waals surface area contributed by atoms with Gasteiger partial charge in [0.2, 0.25) is 11.8 Å². The Labute approximate surface area is 122 Å². The summed E-state index contributed by atoms with van der Waals surface area (Å²) in [4.78, 5) is 23.1. The normalized spacial score (nSPS) is 12.5. The lowest BCUT2D eigenvalue weighted by atomic mass is 10.2. The van der Waals surface area contributed by atoms with Crippen LogP contribution in [0.4, 0.5) is 10.1 Å². The van der Waals surface area contributed by atoms with Gasteiger partial charge >= 0.3 is 0 Å². The van der Waals surface area contributed by atoms with E-state index in [1.807, 2.05) is 0 Å². The maximum absolute atomic E-state index is 13.0. The zero-order valence-electron chi connectivity index (χ0n) is 11.7. The van der Waals surface area contributed by atoms with Crippen LogP contribution in [0.3, 0.4) is 0 Å². The number of carbonyl (C=O) groups excluding carboxylic acids is 2. The Kier molecular flexibility index (Phi) is 5.83. The fourth-order valence-electron chi connectivity index (χ4n) is 1.64. The molecule has 0 bridgehead atoms. The van der Waals surface area contributed by atoms with Crippen LogP contribution in [0.1, 0.15) is 13.3 Å². The minimum absolute atomic E-state index is 0.0560. The SMILES string of the molecule is CC(=O)NC(CCS(C)(=O)=O)C(=O)Nc1cccc(F)c1. The van der Waals surface area contributed by atoms with E-state index < -0.39 is 33.5 Å². The van der Waals surface area contributed by atoms with E-state index in [2.05, 4.69) is 10.6 Å². The molecule has 0 aliphatic carbocycles. The monoisotopic (exact) mass is 316 g/mol. The first-order valence-electron chi connectivity index (χ1n) is 6.18. The predicted molar refractivity (Wildman–Crippen MR) is 77.0 cm³/mol.